The Bertz CT molecular complexity index is 618. The van der Waals surface area contributed by atoms with Gasteiger partial charge >= 0.3 is 5.97 Å². The monoisotopic (exact) mass is 256 g/mol. The Balaban J connectivity index is 2.75. The lowest BCUT2D eigenvalue weighted by Gasteiger charge is -2.11. The fraction of sp³-hybridized carbons (Fsp3) is 0.0667. The molecule has 0 aliphatic rings. The van der Waals surface area contributed by atoms with Crippen molar-refractivity contribution in [3.05, 3.63) is 53.6 Å². The minimum absolute atomic E-state index is 0.0618. The number of hydrogen-bond donors (Lipinski definition) is 1. The van der Waals surface area contributed by atoms with Crippen LogP contribution in [0.3, 0.4) is 0 Å². The highest BCUT2D eigenvalue weighted by Crippen LogP contribution is 2.30. The van der Waals surface area contributed by atoms with Crippen LogP contribution in [0, 0.1) is 0 Å². The zero-order valence-corrected chi connectivity index (χ0v) is 10.3. The van der Waals surface area contributed by atoms with Crippen LogP contribution in [0.1, 0.15) is 20.7 Å². The first-order chi connectivity index (χ1) is 9.17. The van der Waals surface area contributed by atoms with Gasteiger partial charge in [-0.15, -0.1) is 0 Å². The number of benzene rings is 2. The molecule has 96 valence electrons. The summed E-state index contributed by atoms with van der Waals surface area (Å²) in [6.45, 7) is 0. The van der Waals surface area contributed by atoms with E-state index in [-0.39, 0.29) is 11.1 Å². The third-order valence-electron chi connectivity index (χ3n) is 2.82. The van der Waals surface area contributed by atoms with E-state index in [1.165, 1.54) is 13.2 Å². The summed E-state index contributed by atoms with van der Waals surface area (Å²) in [7, 11) is 1.45. The van der Waals surface area contributed by atoms with Crippen molar-refractivity contribution in [1.29, 1.82) is 0 Å². The van der Waals surface area contributed by atoms with Gasteiger partial charge in [-0.1, -0.05) is 30.3 Å². The van der Waals surface area contributed by atoms with Crippen molar-refractivity contribution in [1.82, 2.24) is 0 Å². The molecule has 4 heteroatoms. The molecule has 0 heterocycles. The average Bonchev–Trinajstić information content (AvgIpc) is 2.46. The van der Waals surface area contributed by atoms with Gasteiger partial charge in [0.1, 0.15) is 5.75 Å². The molecule has 2 rings (SSSR count). The minimum atomic E-state index is -1.15. The van der Waals surface area contributed by atoms with Gasteiger partial charge in [0.05, 0.1) is 12.7 Å². The Hall–Kier alpha value is -2.62. The number of ether oxygens (including phenoxy) is 1. The lowest BCUT2D eigenvalue weighted by molar-refractivity contribution is 0.0693. The Kier molecular flexibility index (Phi) is 3.61. The van der Waals surface area contributed by atoms with Crippen LogP contribution in [0.15, 0.2) is 42.5 Å². The molecule has 0 spiro atoms. The molecule has 19 heavy (non-hydrogen) atoms. The number of aromatic carboxylic acids is 1. The molecule has 0 saturated heterocycles. The van der Waals surface area contributed by atoms with E-state index in [1.807, 2.05) is 30.3 Å². The number of methoxy groups -OCH3 is 1. The van der Waals surface area contributed by atoms with E-state index >= 15 is 0 Å². The van der Waals surface area contributed by atoms with Gasteiger partial charge in [0, 0.05) is 5.56 Å². The van der Waals surface area contributed by atoms with Crippen LogP contribution in [0.25, 0.3) is 11.1 Å². The number of hydrogen-bond acceptors (Lipinski definition) is 3. The van der Waals surface area contributed by atoms with Crippen molar-refractivity contribution in [2.45, 2.75) is 0 Å². The fourth-order valence-corrected chi connectivity index (χ4v) is 1.91. The van der Waals surface area contributed by atoms with Crippen LogP contribution in [-0.2, 0) is 0 Å². The Labute approximate surface area is 110 Å². The summed E-state index contributed by atoms with van der Waals surface area (Å²) in [5.74, 6) is -0.750. The first-order valence-corrected chi connectivity index (χ1v) is 5.63. The van der Waals surface area contributed by atoms with Gasteiger partial charge in [0.15, 0.2) is 6.29 Å². The molecule has 0 amide bonds. The Morgan fingerprint density at radius 2 is 1.89 bits per heavy atom. The van der Waals surface area contributed by atoms with Crippen LogP contribution >= 0.6 is 0 Å². The van der Waals surface area contributed by atoms with Gasteiger partial charge in [-0.3, -0.25) is 4.79 Å². The van der Waals surface area contributed by atoms with E-state index < -0.39 is 5.97 Å². The van der Waals surface area contributed by atoms with Gasteiger partial charge in [-0.2, -0.15) is 0 Å². The van der Waals surface area contributed by atoms with Crippen LogP contribution in [-0.4, -0.2) is 24.5 Å². The summed E-state index contributed by atoms with van der Waals surface area (Å²) in [5, 5.41) is 9.17. The number of carbonyl (C=O) groups excluding carboxylic acids is 1. The van der Waals surface area contributed by atoms with Crippen molar-refractivity contribution >= 4 is 12.3 Å². The summed E-state index contributed by atoms with van der Waals surface area (Å²) >= 11 is 0. The number of rotatable bonds is 4. The third-order valence-corrected chi connectivity index (χ3v) is 2.82. The quantitative estimate of drug-likeness (QED) is 0.854. The largest absolute Gasteiger partial charge is 0.497 e. The number of carbonyl (C=O) groups is 2. The second kappa shape index (κ2) is 5.35. The van der Waals surface area contributed by atoms with Crippen LogP contribution in [0.5, 0.6) is 5.75 Å². The van der Waals surface area contributed by atoms with E-state index in [0.29, 0.717) is 17.6 Å². The van der Waals surface area contributed by atoms with Gasteiger partial charge in [-0.25, -0.2) is 4.79 Å². The van der Waals surface area contributed by atoms with Crippen molar-refractivity contribution < 1.29 is 19.4 Å². The number of aldehydes is 1. The van der Waals surface area contributed by atoms with Gasteiger partial charge in [0.2, 0.25) is 0 Å². The van der Waals surface area contributed by atoms with Gasteiger partial charge in [-0.05, 0) is 23.3 Å². The number of carboxylic acid groups (broad SMARTS) is 1. The molecule has 1 N–H and O–H groups in total. The van der Waals surface area contributed by atoms with Crippen molar-refractivity contribution in [3.8, 4) is 16.9 Å². The fourth-order valence-electron chi connectivity index (χ4n) is 1.91. The lowest BCUT2D eigenvalue weighted by Crippen LogP contribution is -2.04. The maximum Gasteiger partial charge on any atom is 0.336 e. The minimum Gasteiger partial charge on any atom is -0.497 e. The summed E-state index contributed by atoms with van der Waals surface area (Å²) < 4.78 is 5.09. The molecule has 4 nitrogen and oxygen atoms in total. The van der Waals surface area contributed by atoms with Gasteiger partial charge in [0.25, 0.3) is 0 Å². The van der Waals surface area contributed by atoms with Crippen LogP contribution in [0.4, 0.5) is 0 Å². The molecule has 0 bridgehead atoms. The average molecular weight is 256 g/mol. The maximum absolute atomic E-state index is 11.2. The predicted molar refractivity (Wildman–Crippen MR) is 70.8 cm³/mol. The first-order valence-electron chi connectivity index (χ1n) is 5.63. The van der Waals surface area contributed by atoms with E-state index in [1.54, 1.807) is 6.07 Å². The van der Waals surface area contributed by atoms with Crippen molar-refractivity contribution in [2.75, 3.05) is 7.11 Å². The van der Waals surface area contributed by atoms with Crippen molar-refractivity contribution in [2.24, 2.45) is 0 Å². The highest BCUT2D eigenvalue weighted by atomic mass is 16.5. The molecule has 0 fully saturated rings. The SMILES string of the molecule is COc1cc(C(=O)O)c(C=O)c(-c2ccccc2)c1. The summed E-state index contributed by atoms with van der Waals surface area (Å²) in [4.78, 5) is 22.4. The molecule has 0 aliphatic carbocycles. The topological polar surface area (TPSA) is 63.6 Å². The van der Waals surface area contributed by atoms with Crippen molar-refractivity contribution in [3.63, 3.8) is 0 Å². The summed E-state index contributed by atoms with van der Waals surface area (Å²) in [6, 6.07) is 12.1. The molecule has 0 unspecified atom stereocenters. The molecule has 2 aromatic rings. The normalized spacial score (nSPS) is 9.95. The molecule has 0 saturated carbocycles. The second-order valence-electron chi connectivity index (χ2n) is 3.93. The molecule has 0 radical (unpaired) electrons. The molecule has 0 aromatic heterocycles. The smallest absolute Gasteiger partial charge is 0.336 e. The van der Waals surface area contributed by atoms with E-state index in [2.05, 4.69) is 0 Å². The van der Waals surface area contributed by atoms with E-state index in [9.17, 15) is 14.7 Å². The highest BCUT2D eigenvalue weighted by Gasteiger charge is 2.17. The third kappa shape index (κ3) is 2.47. The predicted octanol–water partition coefficient (Wildman–Crippen LogP) is 2.87. The highest BCUT2D eigenvalue weighted by molar-refractivity contribution is 6.02. The second-order valence-corrected chi connectivity index (χ2v) is 3.93. The maximum atomic E-state index is 11.2. The summed E-state index contributed by atoms with van der Waals surface area (Å²) in [5.41, 5.74) is 1.41. The van der Waals surface area contributed by atoms with Crippen LogP contribution < -0.4 is 4.74 Å². The molecular formula is C15H12O4. The van der Waals surface area contributed by atoms with Crippen LogP contribution in [0.2, 0.25) is 0 Å². The molecule has 0 aliphatic heterocycles. The van der Waals surface area contributed by atoms with E-state index in [4.69, 9.17) is 4.74 Å². The zero-order valence-electron chi connectivity index (χ0n) is 10.3. The van der Waals surface area contributed by atoms with E-state index in [0.717, 1.165) is 5.56 Å². The Morgan fingerprint density at radius 1 is 1.21 bits per heavy atom. The van der Waals surface area contributed by atoms with Gasteiger partial charge < -0.3 is 9.84 Å². The molecule has 0 atom stereocenters. The zero-order chi connectivity index (χ0) is 13.8. The summed E-state index contributed by atoms with van der Waals surface area (Å²) in [6.07, 6.45) is 0.561. The standard InChI is InChI=1S/C15H12O4/c1-19-11-7-12(10-5-3-2-4-6-10)14(9-16)13(8-11)15(17)18/h2-9H,1H3,(H,17,18). The molecular weight excluding hydrogens is 244 g/mol. The first kappa shape index (κ1) is 12.8. The number of carboxylic acids is 1. The lowest BCUT2D eigenvalue weighted by atomic mass is 9.95. The molecule has 2 aromatic carbocycles. The Morgan fingerprint density at radius 3 is 2.42 bits per heavy atom.